The molecule has 3 rings (SSSR count). The summed E-state index contributed by atoms with van der Waals surface area (Å²) in [7, 11) is 1.65. The number of amides is 1. The molecule has 0 atom stereocenters. The Morgan fingerprint density at radius 3 is 2.37 bits per heavy atom. The van der Waals surface area contributed by atoms with Crippen LogP contribution in [-0.4, -0.2) is 24.1 Å². The van der Waals surface area contributed by atoms with Crippen molar-refractivity contribution in [2.75, 3.05) is 13.7 Å². The molecular weight excluding hydrogens is 396 g/mol. The van der Waals surface area contributed by atoms with Crippen LogP contribution in [0, 0.1) is 6.92 Å². The van der Waals surface area contributed by atoms with Gasteiger partial charge in [0, 0.05) is 22.9 Å². The molecule has 0 unspecified atom stereocenters. The van der Waals surface area contributed by atoms with Crippen molar-refractivity contribution < 1.29 is 9.53 Å². The fourth-order valence-electron chi connectivity index (χ4n) is 3.58. The molecule has 0 radical (unpaired) electrons. The maximum absolute atomic E-state index is 12.9. The molecule has 3 aromatic rings. The number of benzene rings is 2. The third-order valence-electron chi connectivity index (χ3n) is 5.28. The van der Waals surface area contributed by atoms with Gasteiger partial charge >= 0.3 is 0 Å². The van der Waals surface area contributed by atoms with Gasteiger partial charge in [0.1, 0.15) is 5.75 Å². The zero-order valence-corrected chi connectivity index (χ0v) is 18.6. The molecule has 158 valence electrons. The van der Waals surface area contributed by atoms with E-state index in [1.807, 2.05) is 61.5 Å². The molecule has 2 aromatic carbocycles. The average molecular weight is 425 g/mol. The van der Waals surface area contributed by atoms with E-state index in [4.69, 9.17) is 16.3 Å². The number of carbonyl (C=O) groups excluding carboxylic acids is 1. The molecule has 5 heteroatoms. The number of nitrogens with one attached hydrogen (secondary N) is 1. The van der Waals surface area contributed by atoms with E-state index in [1.165, 1.54) is 12.8 Å². The Morgan fingerprint density at radius 1 is 1.03 bits per heavy atom. The van der Waals surface area contributed by atoms with Crippen molar-refractivity contribution >= 4 is 17.5 Å². The largest absolute Gasteiger partial charge is 0.497 e. The van der Waals surface area contributed by atoms with E-state index in [9.17, 15) is 4.79 Å². The van der Waals surface area contributed by atoms with E-state index < -0.39 is 0 Å². The maximum atomic E-state index is 12.9. The molecule has 1 aromatic heterocycles. The van der Waals surface area contributed by atoms with Gasteiger partial charge in [-0.05, 0) is 61.4 Å². The summed E-state index contributed by atoms with van der Waals surface area (Å²) in [5.74, 6) is 0.758. The number of carbonyl (C=O) groups is 1. The second-order valence-corrected chi connectivity index (χ2v) is 7.82. The first kappa shape index (κ1) is 22.0. The second kappa shape index (κ2) is 10.4. The van der Waals surface area contributed by atoms with Crippen molar-refractivity contribution in [2.24, 2.45) is 0 Å². The number of nitrogens with zero attached hydrogens (tertiary/aromatic N) is 1. The average Bonchev–Trinajstić information content (AvgIpc) is 3.11. The van der Waals surface area contributed by atoms with Crippen LogP contribution in [0.25, 0.3) is 16.9 Å². The molecule has 30 heavy (non-hydrogen) atoms. The highest BCUT2D eigenvalue weighted by molar-refractivity contribution is 6.30. The molecule has 0 saturated heterocycles. The minimum atomic E-state index is -0.0357. The normalized spacial score (nSPS) is 10.8. The van der Waals surface area contributed by atoms with Crippen LogP contribution in [0.2, 0.25) is 5.02 Å². The Balaban J connectivity index is 1.96. The van der Waals surface area contributed by atoms with E-state index in [0.717, 1.165) is 41.2 Å². The van der Waals surface area contributed by atoms with Crippen LogP contribution in [0.4, 0.5) is 0 Å². The molecule has 0 spiro atoms. The lowest BCUT2D eigenvalue weighted by molar-refractivity contribution is 0.0952. The molecule has 1 heterocycles. The van der Waals surface area contributed by atoms with E-state index >= 15 is 0 Å². The number of hydrogen-bond donors (Lipinski definition) is 1. The van der Waals surface area contributed by atoms with Gasteiger partial charge in [-0.3, -0.25) is 4.79 Å². The first-order valence-corrected chi connectivity index (χ1v) is 10.8. The monoisotopic (exact) mass is 424 g/mol. The fraction of sp³-hybridized carbons (Fsp3) is 0.320. The van der Waals surface area contributed by atoms with Crippen molar-refractivity contribution in [2.45, 2.75) is 39.5 Å². The van der Waals surface area contributed by atoms with Crippen molar-refractivity contribution in [1.82, 2.24) is 9.88 Å². The van der Waals surface area contributed by atoms with Crippen molar-refractivity contribution in [3.8, 4) is 22.7 Å². The predicted octanol–water partition coefficient (Wildman–Crippen LogP) is 6.42. The Kier molecular flexibility index (Phi) is 7.58. The Labute approximate surface area is 183 Å². The minimum absolute atomic E-state index is 0.0357. The number of halogens is 1. The number of rotatable bonds is 9. The van der Waals surface area contributed by atoms with Gasteiger partial charge in [-0.2, -0.15) is 0 Å². The molecule has 0 aliphatic rings. The summed E-state index contributed by atoms with van der Waals surface area (Å²) in [5, 5.41) is 3.76. The number of methoxy groups -OCH3 is 1. The van der Waals surface area contributed by atoms with E-state index in [2.05, 4.69) is 16.8 Å². The van der Waals surface area contributed by atoms with Crippen LogP contribution < -0.4 is 10.1 Å². The number of unbranched alkanes of at least 4 members (excludes halogenated alkanes) is 3. The van der Waals surface area contributed by atoms with Crippen LogP contribution in [0.15, 0.2) is 54.6 Å². The van der Waals surface area contributed by atoms with Gasteiger partial charge in [0.15, 0.2) is 0 Å². The molecule has 0 saturated carbocycles. The number of hydrogen-bond acceptors (Lipinski definition) is 2. The molecule has 0 aliphatic carbocycles. The van der Waals surface area contributed by atoms with Gasteiger partial charge in [-0.25, -0.2) is 0 Å². The summed E-state index contributed by atoms with van der Waals surface area (Å²) in [6.07, 6.45) is 4.52. The van der Waals surface area contributed by atoms with Crippen molar-refractivity contribution in [3.05, 3.63) is 70.9 Å². The summed E-state index contributed by atoms with van der Waals surface area (Å²) in [6, 6.07) is 17.5. The van der Waals surface area contributed by atoms with Gasteiger partial charge in [0.05, 0.1) is 18.4 Å². The van der Waals surface area contributed by atoms with Crippen LogP contribution >= 0.6 is 11.6 Å². The Hall–Kier alpha value is -2.72. The van der Waals surface area contributed by atoms with Crippen molar-refractivity contribution in [1.29, 1.82) is 0 Å². The third kappa shape index (κ3) is 5.06. The van der Waals surface area contributed by atoms with Crippen LogP contribution in [0.5, 0.6) is 5.75 Å². The zero-order valence-electron chi connectivity index (χ0n) is 17.9. The summed E-state index contributed by atoms with van der Waals surface area (Å²) in [5.41, 5.74) is 4.51. The minimum Gasteiger partial charge on any atom is -0.497 e. The predicted molar refractivity (Wildman–Crippen MR) is 124 cm³/mol. The van der Waals surface area contributed by atoms with Gasteiger partial charge in [0.25, 0.3) is 5.91 Å². The molecule has 4 nitrogen and oxygen atoms in total. The SMILES string of the molecule is CCCCCCNC(=O)c1cc(-c2ccc(Cl)cc2)n(-c2ccc(OC)cc2)c1C. The summed E-state index contributed by atoms with van der Waals surface area (Å²) in [6.45, 7) is 4.86. The van der Waals surface area contributed by atoms with E-state index in [-0.39, 0.29) is 5.91 Å². The summed E-state index contributed by atoms with van der Waals surface area (Å²) in [4.78, 5) is 12.9. The molecule has 1 N–H and O–H groups in total. The number of aromatic nitrogens is 1. The third-order valence-corrected chi connectivity index (χ3v) is 5.53. The zero-order chi connectivity index (χ0) is 21.5. The maximum Gasteiger partial charge on any atom is 0.253 e. The highest BCUT2D eigenvalue weighted by Gasteiger charge is 2.19. The first-order chi connectivity index (χ1) is 14.5. The molecule has 1 amide bonds. The molecule has 0 bridgehead atoms. The van der Waals surface area contributed by atoms with Gasteiger partial charge in [0.2, 0.25) is 0 Å². The van der Waals surface area contributed by atoms with Gasteiger partial charge in [-0.1, -0.05) is 49.9 Å². The summed E-state index contributed by atoms with van der Waals surface area (Å²) >= 11 is 6.08. The van der Waals surface area contributed by atoms with Crippen LogP contribution in [-0.2, 0) is 0 Å². The molecule has 0 fully saturated rings. The number of ether oxygens (including phenoxy) is 1. The highest BCUT2D eigenvalue weighted by atomic mass is 35.5. The standard InChI is InChI=1S/C25H29ClN2O2/c1-4-5-6-7-16-27-25(29)23-17-24(19-8-10-20(26)11-9-19)28(18(23)2)21-12-14-22(30-3)15-13-21/h8-15,17H,4-7,16H2,1-3H3,(H,27,29). The topological polar surface area (TPSA) is 43.3 Å². The van der Waals surface area contributed by atoms with Gasteiger partial charge < -0.3 is 14.6 Å². The summed E-state index contributed by atoms with van der Waals surface area (Å²) < 4.78 is 7.40. The Bertz CT molecular complexity index is 976. The van der Waals surface area contributed by atoms with E-state index in [0.29, 0.717) is 17.1 Å². The second-order valence-electron chi connectivity index (χ2n) is 7.39. The molecular formula is C25H29ClN2O2. The lowest BCUT2D eigenvalue weighted by Gasteiger charge is -2.13. The smallest absolute Gasteiger partial charge is 0.253 e. The van der Waals surface area contributed by atoms with Crippen molar-refractivity contribution in [3.63, 3.8) is 0 Å². The first-order valence-electron chi connectivity index (χ1n) is 10.5. The van der Waals surface area contributed by atoms with Crippen LogP contribution in [0.3, 0.4) is 0 Å². The lowest BCUT2D eigenvalue weighted by atomic mass is 10.1. The Morgan fingerprint density at radius 2 is 1.73 bits per heavy atom. The van der Waals surface area contributed by atoms with Gasteiger partial charge in [-0.15, -0.1) is 0 Å². The highest BCUT2D eigenvalue weighted by Crippen LogP contribution is 2.31. The van der Waals surface area contributed by atoms with E-state index in [1.54, 1.807) is 7.11 Å². The van der Waals surface area contributed by atoms with Crippen LogP contribution in [0.1, 0.15) is 48.7 Å². The fourth-order valence-corrected chi connectivity index (χ4v) is 3.71. The quantitative estimate of drug-likeness (QED) is 0.402. The lowest BCUT2D eigenvalue weighted by Crippen LogP contribution is -2.24. The molecule has 0 aliphatic heterocycles.